The highest BCUT2D eigenvalue weighted by Crippen LogP contribution is 2.20. The highest BCUT2D eigenvalue weighted by molar-refractivity contribution is 6.36. The summed E-state index contributed by atoms with van der Waals surface area (Å²) in [5.41, 5.74) is 3.32. The lowest BCUT2D eigenvalue weighted by molar-refractivity contribution is 0.0955. The smallest absolute Gasteiger partial charge is 0.267 e. The predicted octanol–water partition coefficient (Wildman–Crippen LogP) is 3.15. The van der Waals surface area contributed by atoms with Crippen LogP contribution in [0.4, 0.5) is 0 Å². The third kappa shape index (κ3) is 3.77. The number of halogens is 2. The van der Waals surface area contributed by atoms with Gasteiger partial charge in [-0.05, 0) is 30.3 Å². The van der Waals surface area contributed by atoms with Crippen LogP contribution in [-0.2, 0) is 0 Å². The minimum atomic E-state index is -0.408. The monoisotopic (exact) mass is 293 g/mol. The van der Waals surface area contributed by atoms with E-state index in [0.717, 1.165) is 0 Å². The van der Waals surface area contributed by atoms with Crippen LogP contribution in [-0.4, -0.2) is 17.1 Å². The summed E-state index contributed by atoms with van der Waals surface area (Å²) in [4.78, 5) is 15.8. The van der Waals surface area contributed by atoms with Gasteiger partial charge in [0.25, 0.3) is 5.91 Å². The summed E-state index contributed by atoms with van der Waals surface area (Å²) in [6.45, 7) is 0. The van der Waals surface area contributed by atoms with Crippen LogP contribution in [0.3, 0.4) is 0 Å². The second-order valence-electron chi connectivity index (χ2n) is 3.58. The molecule has 0 unspecified atom stereocenters. The average Bonchev–Trinajstić information content (AvgIpc) is 2.39. The summed E-state index contributed by atoms with van der Waals surface area (Å²) in [5.74, 6) is -0.408. The highest BCUT2D eigenvalue weighted by Gasteiger charge is 2.09. The van der Waals surface area contributed by atoms with Gasteiger partial charge in [0.1, 0.15) is 0 Å². The number of hydrogen-bond donors (Lipinski definition) is 1. The van der Waals surface area contributed by atoms with Crippen LogP contribution in [0.1, 0.15) is 16.1 Å². The average molecular weight is 294 g/mol. The second-order valence-corrected chi connectivity index (χ2v) is 4.42. The molecule has 0 aliphatic rings. The van der Waals surface area contributed by atoms with E-state index >= 15 is 0 Å². The number of carbonyl (C=O) groups is 1. The molecule has 1 aromatic carbocycles. The van der Waals surface area contributed by atoms with Gasteiger partial charge in [-0.3, -0.25) is 9.78 Å². The first-order valence-corrected chi connectivity index (χ1v) is 6.12. The fourth-order valence-corrected chi connectivity index (χ4v) is 1.84. The van der Waals surface area contributed by atoms with E-state index in [1.807, 2.05) is 6.07 Å². The van der Waals surface area contributed by atoms with Crippen molar-refractivity contribution < 1.29 is 4.79 Å². The Morgan fingerprint density at radius 2 is 2.11 bits per heavy atom. The Bertz CT molecular complexity index is 615. The van der Waals surface area contributed by atoms with E-state index in [2.05, 4.69) is 15.5 Å². The number of amides is 1. The first kappa shape index (κ1) is 13.5. The zero-order chi connectivity index (χ0) is 13.7. The van der Waals surface area contributed by atoms with Gasteiger partial charge in [-0.2, -0.15) is 5.10 Å². The van der Waals surface area contributed by atoms with Crippen molar-refractivity contribution in [1.29, 1.82) is 0 Å². The van der Waals surface area contributed by atoms with E-state index in [-0.39, 0.29) is 5.02 Å². The number of hydrazone groups is 1. The molecule has 4 nitrogen and oxygen atoms in total. The first-order chi connectivity index (χ1) is 9.16. The minimum absolute atomic E-state index is 0.276. The zero-order valence-electron chi connectivity index (χ0n) is 9.68. The van der Waals surface area contributed by atoms with E-state index < -0.39 is 5.91 Å². The SMILES string of the molecule is O=C(N/N=C/c1ccccn1)c1ccc(Cl)cc1Cl. The molecule has 0 bridgehead atoms. The molecule has 6 heteroatoms. The van der Waals surface area contributed by atoms with Gasteiger partial charge in [-0.25, -0.2) is 5.43 Å². The van der Waals surface area contributed by atoms with E-state index in [9.17, 15) is 4.79 Å². The number of pyridine rings is 1. The molecule has 0 radical (unpaired) electrons. The largest absolute Gasteiger partial charge is 0.272 e. The summed E-state index contributed by atoms with van der Waals surface area (Å²) in [6.07, 6.45) is 3.08. The van der Waals surface area contributed by atoms with Crippen molar-refractivity contribution in [3.05, 3.63) is 63.9 Å². The molecule has 1 heterocycles. The van der Waals surface area contributed by atoms with Crippen LogP contribution in [0, 0.1) is 0 Å². The molecule has 0 saturated heterocycles. The Balaban J connectivity index is 2.04. The molecule has 0 aliphatic carbocycles. The fourth-order valence-electron chi connectivity index (χ4n) is 1.34. The van der Waals surface area contributed by atoms with Crippen LogP contribution >= 0.6 is 23.2 Å². The maximum Gasteiger partial charge on any atom is 0.272 e. The molecule has 0 spiro atoms. The highest BCUT2D eigenvalue weighted by atomic mass is 35.5. The number of aromatic nitrogens is 1. The normalized spacial score (nSPS) is 10.6. The Morgan fingerprint density at radius 3 is 2.79 bits per heavy atom. The molecule has 0 fully saturated rings. The number of nitrogens with one attached hydrogen (secondary N) is 1. The maximum absolute atomic E-state index is 11.8. The van der Waals surface area contributed by atoms with Gasteiger partial charge in [0.2, 0.25) is 0 Å². The van der Waals surface area contributed by atoms with Crippen LogP contribution in [0.5, 0.6) is 0 Å². The van der Waals surface area contributed by atoms with Crippen molar-refractivity contribution in [3.63, 3.8) is 0 Å². The second kappa shape index (κ2) is 6.31. The van der Waals surface area contributed by atoms with Crippen molar-refractivity contribution in [2.75, 3.05) is 0 Å². The van der Waals surface area contributed by atoms with E-state index in [1.165, 1.54) is 18.3 Å². The number of carbonyl (C=O) groups excluding carboxylic acids is 1. The lowest BCUT2D eigenvalue weighted by atomic mass is 10.2. The lowest BCUT2D eigenvalue weighted by Gasteiger charge is -2.02. The number of nitrogens with zero attached hydrogens (tertiary/aromatic N) is 2. The Labute approximate surface area is 120 Å². The molecule has 96 valence electrons. The third-order valence-corrected chi connectivity index (χ3v) is 2.77. The van der Waals surface area contributed by atoms with Gasteiger partial charge in [0, 0.05) is 11.2 Å². The molecule has 1 aromatic heterocycles. The topological polar surface area (TPSA) is 54.4 Å². The fraction of sp³-hybridized carbons (Fsp3) is 0. The summed E-state index contributed by atoms with van der Waals surface area (Å²) in [7, 11) is 0. The van der Waals surface area contributed by atoms with Crippen molar-refractivity contribution in [3.8, 4) is 0 Å². The zero-order valence-corrected chi connectivity index (χ0v) is 11.2. The summed E-state index contributed by atoms with van der Waals surface area (Å²) >= 11 is 11.7. The molecule has 2 aromatic rings. The summed E-state index contributed by atoms with van der Waals surface area (Å²) < 4.78 is 0. The van der Waals surface area contributed by atoms with Crippen molar-refractivity contribution in [2.24, 2.45) is 5.10 Å². The summed E-state index contributed by atoms with van der Waals surface area (Å²) in [6, 6.07) is 10.0. The molecule has 0 saturated carbocycles. The van der Waals surface area contributed by atoms with E-state index in [0.29, 0.717) is 16.3 Å². The minimum Gasteiger partial charge on any atom is -0.267 e. The lowest BCUT2D eigenvalue weighted by Crippen LogP contribution is -2.18. The van der Waals surface area contributed by atoms with E-state index in [1.54, 1.807) is 24.4 Å². The summed E-state index contributed by atoms with van der Waals surface area (Å²) in [5, 5.41) is 4.55. The molecular formula is C13H9Cl2N3O. The van der Waals surface area contributed by atoms with Crippen molar-refractivity contribution in [2.45, 2.75) is 0 Å². The third-order valence-electron chi connectivity index (χ3n) is 2.23. The van der Waals surface area contributed by atoms with Crippen LogP contribution in [0.25, 0.3) is 0 Å². The van der Waals surface area contributed by atoms with Gasteiger partial charge in [0.05, 0.1) is 22.5 Å². The molecule has 0 aliphatic heterocycles. The van der Waals surface area contributed by atoms with Gasteiger partial charge < -0.3 is 0 Å². The van der Waals surface area contributed by atoms with E-state index in [4.69, 9.17) is 23.2 Å². The molecule has 19 heavy (non-hydrogen) atoms. The van der Waals surface area contributed by atoms with Gasteiger partial charge >= 0.3 is 0 Å². The van der Waals surface area contributed by atoms with Gasteiger partial charge in [-0.15, -0.1) is 0 Å². The Hall–Kier alpha value is -1.91. The van der Waals surface area contributed by atoms with Crippen LogP contribution < -0.4 is 5.43 Å². The van der Waals surface area contributed by atoms with Crippen LogP contribution in [0.2, 0.25) is 10.0 Å². The maximum atomic E-state index is 11.8. The molecule has 1 amide bonds. The number of rotatable bonds is 3. The van der Waals surface area contributed by atoms with Crippen LogP contribution in [0.15, 0.2) is 47.7 Å². The molecular weight excluding hydrogens is 285 g/mol. The number of hydrogen-bond acceptors (Lipinski definition) is 3. The Kier molecular flexibility index (Phi) is 4.49. The van der Waals surface area contributed by atoms with Crippen molar-refractivity contribution in [1.82, 2.24) is 10.4 Å². The standard InChI is InChI=1S/C13H9Cl2N3O/c14-9-4-5-11(12(15)7-9)13(19)18-17-8-10-3-1-2-6-16-10/h1-8H,(H,18,19)/b17-8+. The van der Waals surface area contributed by atoms with Gasteiger partial charge in [-0.1, -0.05) is 29.3 Å². The Morgan fingerprint density at radius 1 is 1.26 bits per heavy atom. The van der Waals surface area contributed by atoms with Gasteiger partial charge in [0.15, 0.2) is 0 Å². The molecule has 0 atom stereocenters. The molecule has 1 N–H and O–H groups in total. The van der Waals surface area contributed by atoms with Crippen molar-refractivity contribution >= 4 is 35.3 Å². The predicted molar refractivity (Wildman–Crippen MR) is 75.8 cm³/mol. The molecule has 2 rings (SSSR count). The quantitative estimate of drug-likeness (QED) is 0.698. The number of benzene rings is 1. The first-order valence-electron chi connectivity index (χ1n) is 5.36.